The quantitative estimate of drug-likeness (QED) is 0.251. The first kappa shape index (κ1) is 28.3. The molecule has 43 heavy (non-hydrogen) atoms. The van der Waals surface area contributed by atoms with Crippen molar-refractivity contribution in [1.29, 1.82) is 0 Å². The molecule has 1 amide bonds. The number of nitrogens with zero attached hydrogens (tertiary/aromatic N) is 5. The molecule has 4 bridgehead atoms. The number of benzene rings is 1. The van der Waals surface area contributed by atoms with E-state index in [1.807, 2.05) is 36.1 Å². The molecule has 0 atom stereocenters. The number of carbonyl (C=O) groups is 1. The van der Waals surface area contributed by atoms with Gasteiger partial charge in [0.2, 0.25) is 5.91 Å². The Morgan fingerprint density at radius 3 is 2.28 bits per heavy atom. The van der Waals surface area contributed by atoms with E-state index in [1.54, 1.807) is 12.4 Å². The molecular formula is C32H36F3N5O3. The van der Waals surface area contributed by atoms with Gasteiger partial charge in [0.25, 0.3) is 5.89 Å². The summed E-state index contributed by atoms with van der Waals surface area (Å²) in [5.41, 5.74) is 0.722. The molecule has 2 aromatic heterocycles. The predicted molar refractivity (Wildman–Crippen MR) is 151 cm³/mol. The van der Waals surface area contributed by atoms with Crippen LogP contribution in [0.5, 0.6) is 6.01 Å². The monoisotopic (exact) mass is 595 g/mol. The second-order valence-electron chi connectivity index (χ2n) is 13.7. The fourth-order valence-corrected chi connectivity index (χ4v) is 8.10. The first-order chi connectivity index (χ1) is 20.4. The van der Waals surface area contributed by atoms with Gasteiger partial charge in [0, 0.05) is 48.9 Å². The van der Waals surface area contributed by atoms with Gasteiger partial charge in [-0.3, -0.25) is 4.79 Å². The van der Waals surface area contributed by atoms with Crippen LogP contribution in [0.1, 0.15) is 89.8 Å². The standard InChI is InChI=1S/C32H36F3N5O3/c1-3-42-27-36-15-22(16-37-27)21-5-4-6-23(13-21)40(24(41)14-30-17-32(35,18-30)19-30)20-29-7-10-31(11-8-29,12-9-29)25-38-26(43-39-25)28(2,33)34/h4-6,13,15-16H,3,7-12,14,17-20H2,1-2H3. The maximum absolute atomic E-state index is 14.3. The lowest BCUT2D eigenvalue weighted by molar-refractivity contribution is -0.215. The van der Waals surface area contributed by atoms with Crippen molar-refractivity contribution in [3.8, 4) is 17.1 Å². The van der Waals surface area contributed by atoms with Gasteiger partial charge in [0.15, 0.2) is 5.82 Å². The Labute approximate surface area is 248 Å². The van der Waals surface area contributed by atoms with Crippen LogP contribution in [0.2, 0.25) is 0 Å². The highest BCUT2D eigenvalue weighted by atomic mass is 19.3. The first-order valence-electron chi connectivity index (χ1n) is 15.2. The van der Waals surface area contributed by atoms with Gasteiger partial charge in [-0.25, -0.2) is 14.4 Å². The Morgan fingerprint density at radius 1 is 1.02 bits per heavy atom. The Kier molecular flexibility index (Phi) is 6.42. The number of carbonyl (C=O) groups excluding carboxylic acids is 1. The fourth-order valence-electron chi connectivity index (χ4n) is 8.10. The zero-order valence-corrected chi connectivity index (χ0v) is 24.5. The van der Waals surface area contributed by atoms with E-state index in [0.717, 1.165) is 62.3 Å². The summed E-state index contributed by atoms with van der Waals surface area (Å²) in [6, 6.07) is 8.16. The van der Waals surface area contributed by atoms with Crippen molar-refractivity contribution in [2.45, 2.75) is 95.1 Å². The van der Waals surface area contributed by atoms with Crippen molar-refractivity contribution < 1.29 is 27.2 Å². The lowest BCUT2D eigenvalue weighted by atomic mass is 9.41. The molecule has 3 aromatic rings. The van der Waals surface area contributed by atoms with Crippen molar-refractivity contribution in [1.82, 2.24) is 20.1 Å². The highest BCUT2D eigenvalue weighted by Gasteiger charge is 2.69. The molecule has 0 unspecified atom stereocenters. The molecule has 228 valence electrons. The predicted octanol–water partition coefficient (Wildman–Crippen LogP) is 6.94. The number of hydrogen-bond acceptors (Lipinski definition) is 7. The van der Waals surface area contributed by atoms with Crippen molar-refractivity contribution in [2.75, 3.05) is 18.1 Å². The summed E-state index contributed by atoms with van der Waals surface area (Å²) in [5.74, 6) is -3.42. The summed E-state index contributed by atoms with van der Waals surface area (Å²) in [5, 5.41) is 3.97. The number of amides is 1. The summed E-state index contributed by atoms with van der Waals surface area (Å²) in [6.45, 7) is 3.66. The smallest absolute Gasteiger partial charge is 0.322 e. The summed E-state index contributed by atoms with van der Waals surface area (Å²) in [6.07, 6.45) is 9.92. The molecule has 6 saturated carbocycles. The van der Waals surface area contributed by atoms with Crippen LogP contribution in [0.4, 0.5) is 18.9 Å². The molecule has 2 heterocycles. The average molecular weight is 596 g/mol. The SMILES string of the molecule is CCOc1ncc(-c2cccc(N(CC34CCC(c5noc(C(C)(F)F)n5)(CC3)CC4)C(=O)CC34CC(F)(C3)C4)c2)cn1. The van der Waals surface area contributed by atoms with E-state index < -0.39 is 17.5 Å². The van der Waals surface area contributed by atoms with Gasteiger partial charge in [0.05, 0.1) is 6.61 Å². The maximum Gasteiger partial charge on any atom is 0.322 e. The van der Waals surface area contributed by atoms with Crippen LogP contribution in [0.15, 0.2) is 41.2 Å². The number of hydrogen-bond donors (Lipinski definition) is 0. The second kappa shape index (κ2) is 9.75. The van der Waals surface area contributed by atoms with E-state index in [-0.39, 0.29) is 22.2 Å². The van der Waals surface area contributed by atoms with Crippen molar-refractivity contribution in [3.63, 3.8) is 0 Å². The second-order valence-corrected chi connectivity index (χ2v) is 13.7. The van der Waals surface area contributed by atoms with Gasteiger partial charge < -0.3 is 14.2 Å². The van der Waals surface area contributed by atoms with Crippen molar-refractivity contribution in [3.05, 3.63) is 48.4 Å². The van der Waals surface area contributed by atoms with Crippen LogP contribution >= 0.6 is 0 Å². The normalized spacial score (nSPS) is 30.8. The molecule has 0 N–H and O–H groups in total. The highest BCUT2D eigenvalue weighted by molar-refractivity contribution is 5.95. The van der Waals surface area contributed by atoms with Gasteiger partial charge in [-0.2, -0.15) is 13.8 Å². The number of rotatable bonds is 10. The topological polar surface area (TPSA) is 94.2 Å². The van der Waals surface area contributed by atoms with E-state index in [1.165, 1.54) is 0 Å². The molecule has 9 rings (SSSR count). The van der Waals surface area contributed by atoms with E-state index >= 15 is 0 Å². The molecule has 6 aliphatic carbocycles. The molecule has 6 aliphatic rings. The van der Waals surface area contributed by atoms with E-state index in [0.29, 0.717) is 50.7 Å². The molecule has 8 nitrogen and oxygen atoms in total. The average Bonchev–Trinajstić information content (AvgIpc) is 3.49. The summed E-state index contributed by atoms with van der Waals surface area (Å²) < 4.78 is 52.3. The number of anilines is 1. The van der Waals surface area contributed by atoms with E-state index in [2.05, 4.69) is 20.1 Å². The Morgan fingerprint density at radius 2 is 1.70 bits per heavy atom. The van der Waals surface area contributed by atoms with Gasteiger partial charge in [0.1, 0.15) is 5.67 Å². The Balaban J connectivity index is 1.13. The number of fused-ring (bicyclic) bond motifs is 3. The zero-order valence-electron chi connectivity index (χ0n) is 24.5. The summed E-state index contributed by atoms with van der Waals surface area (Å²) in [4.78, 5) is 28.6. The molecular weight excluding hydrogens is 559 g/mol. The third-order valence-electron chi connectivity index (χ3n) is 10.5. The van der Waals surface area contributed by atoms with Gasteiger partial charge in [-0.1, -0.05) is 17.3 Å². The number of ether oxygens (including phenoxy) is 1. The van der Waals surface area contributed by atoms with Crippen LogP contribution in [0.25, 0.3) is 11.1 Å². The Hall–Kier alpha value is -3.50. The highest BCUT2D eigenvalue weighted by Crippen LogP contribution is 2.71. The van der Waals surface area contributed by atoms with Gasteiger partial charge in [-0.05, 0) is 93.2 Å². The molecule has 0 aliphatic heterocycles. The zero-order chi connectivity index (χ0) is 30.1. The fraction of sp³-hybridized carbons (Fsp3) is 0.594. The minimum atomic E-state index is -3.18. The first-order valence-corrected chi connectivity index (χ1v) is 15.2. The van der Waals surface area contributed by atoms with Crippen LogP contribution in [-0.2, 0) is 16.1 Å². The van der Waals surface area contributed by atoms with Crippen LogP contribution in [0.3, 0.4) is 0 Å². The molecule has 6 fully saturated rings. The minimum Gasteiger partial charge on any atom is -0.464 e. The largest absolute Gasteiger partial charge is 0.464 e. The molecule has 0 spiro atoms. The number of halogens is 3. The van der Waals surface area contributed by atoms with Crippen LogP contribution in [0, 0.1) is 10.8 Å². The molecule has 11 heteroatoms. The van der Waals surface area contributed by atoms with Gasteiger partial charge >= 0.3 is 11.9 Å². The molecule has 0 radical (unpaired) electrons. The minimum absolute atomic E-state index is 0.0200. The lowest BCUT2D eigenvalue weighted by Gasteiger charge is -2.66. The third-order valence-corrected chi connectivity index (χ3v) is 10.5. The summed E-state index contributed by atoms with van der Waals surface area (Å²) in [7, 11) is 0. The van der Waals surface area contributed by atoms with Crippen LogP contribution in [-0.4, -0.2) is 44.8 Å². The van der Waals surface area contributed by atoms with Gasteiger partial charge in [-0.15, -0.1) is 0 Å². The number of alkyl halides is 3. The lowest BCUT2D eigenvalue weighted by Crippen LogP contribution is -2.65. The third kappa shape index (κ3) is 4.98. The van der Waals surface area contributed by atoms with E-state index in [9.17, 15) is 18.0 Å². The van der Waals surface area contributed by atoms with E-state index in [4.69, 9.17) is 9.26 Å². The number of aromatic nitrogens is 4. The van der Waals surface area contributed by atoms with Crippen molar-refractivity contribution in [2.24, 2.45) is 10.8 Å². The molecule has 1 aromatic carbocycles. The molecule has 0 saturated heterocycles. The summed E-state index contributed by atoms with van der Waals surface area (Å²) >= 11 is 0. The maximum atomic E-state index is 14.3. The Bertz CT molecular complexity index is 1490. The van der Waals surface area contributed by atoms with Crippen molar-refractivity contribution >= 4 is 11.6 Å². The van der Waals surface area contributed by atoms with Crippen LogP contribution < -0.4 is 9.64 Å².